The maximum Gasteiger partial charge on any atom is 0.253 e. The highest BCUT2D eigenvalue weighted by Crippen LogP contribution is 2.29. The fourth-order valence-corrected chi connectivity index (χ4v) is 7.19. The second-order valence-electron chi connectivity index (χ2n) is 9.47. The zero-order chi connectivity index (χ0) is 25.7. The van der Waals surface area contributed by atoms with E-state index >= 15 is 0 Å². The van der Waals surface area contributed by atoms with Crippen molar-refractivity contribution in [2.45, 2.75) is 56.7 Å². The quantitative estimate of drug-likeness (QED) is 0.492. The number of anilines is 1. The molecule has 0 atom stereocenters. The van der Waals surface area contributed by atoms with Crippen LogP contribution in [-0.4, -0.2) is 43.7 Å². The van der Waals surface area contributed by atoms with Crippen molar-refractivity contribution in [2.75, 3.05) is 18.4 Å². The van der Waals surface area contributed by atoms with E-state index in [1.54, 1.807) is 42.5 Å². The highest BCUT2D eigenvalue weighted by atomic mass is 35.5. The zero-order valence-electron chi connectivity index (χ0n) is 20.0. The van der Waals surface area contributed by atoms with Gasteiger partial charge in [-0.1, -0.05) is 60.7 Å². The lowest BCUT2D eigenvalue weighted by atomic mass is 9.95. The van der Waals surface area contributed by atoms with Gasteiger partial charge in [0.25, 0.3) is 5.91 Å². The molecule has 2 amide bonds. The number of benzene rings is 2. The van der Waals surface area contributed by atoms with E-state index in [-0.39, 0.29) is 42.6 Å². The zero-order valence-corrected chi connectivity index (χ0v) is 22.3. The van der Waals surface area contributed by atoms with Gasteiger partial charge in [-0.3, -0.25) is 9.59 Å². The summed E-state index contributed by atoms with van der Waals surface area (Å²) >= 11 is 12.3. The summed E-state index contributed by atoms with van der Waals surface area (Å²) in [7, 11) is -3.64. The summed E-state index contributed by atoms with van der Waals surface area (Å²) in [5, 5.41) is 6.62. The molecule has 2 aromatic rings. The first kappa shape index (κ1) is 26.9. The minimum absolute atomic E-state index is 0.168. The van der Waals surface area contributed by atoms with Gasteiger partial charge in [0.2, 0.25) is 15.9 Å². The van der Waals surface area contributed by atoms with Gasteiger partial charge in [-0.25, -0.2) is 12.7 Å². The van der Waals surface area contributed by atoms with Crippen LogP contribution in [0, 0.1) is 5.92 Å². The Morgan fingerprint density at radius 2 is 1.53 bits per heavy atom. The average Bonchev–Trinajstić information content (AvgIpc) is 2.87. The summed E-state index contributed by atoms with van der Waals surface area (Å²) in [5.41, 5.74) is 1.29. The predicted octanol–water partition coefficient (Wildman–Crippen LogP) is 5.24. The van der Waals surface area contributed by atoms with E-state index in [1.807, 2.05) is 0 Å². The minimum Gasteiger partial charge on any atom is -0.349 e. The Morgan fingerprint density at radius 1 is 0.889 bits per heavy atom. The van der Waals surface area contributed by atoms with E-state index in [0.29, 0.717) is 39.7 Å². The summed E-state index contributed by atoms with van der Waals surface area (Å²) < 4.78 is 27.3. The van der Waals surface area contributed by atoms with Gasteiger partial charge in [-0.2, -0.15) is 0 Å². The van der Waals surface area contributed by atoms with E-state index in [4.69, 9.17) is 23.2 Å². The monoisotopic (exact) mass is 551 g/mol. The number of hydrogen-bond donors (Lipinski definition) is 2. The van der Waals surface area contributed by atoms with Crippen LogP contribution in [-0.2, 0) is 20.6 Å². The number of nitrogens with zero attached hydrogens (tertiary/aromatic N) is 1. The Bertz CT molecular complexity index is 1190. The van der Waals surface area contributed by atoms with Gasteiger partial charge in [0.1, 0.15) is 0 Å². The highest BCUT2D eigenvalue weighted by molar-refractivity contribution is 7.88. The topological polar surface area (TPSA) is 95.6 Å². The molecule has 2 fully saturated rings. The maximum absolute atomic E-state index is 13.0. The first-order valence-electron chi connectivity index (χ1n) is 12.4. The molecule has 1 heterocycles. The Kier molecular flexibility index (Phi) is 8.93. The molecule has 2 N–H and O–H groups in total. The number of piperidine rings is 1. The maximum atomic E-state index is 13.0. The highest BCUT2D eigenvalue weighted by Gasteiger charge is 2.32. The normalized spacial score (nSPS) is 18.1. The van der Waals surface area contributed by atoms with Crippen LogP contribution < -0.4 is 10.6 Å². The number of halogens is 2. The van der Waals surface area contributed by atoms with Gasteiger partial charge in [0.15, 0.2) is 0 Å². The third-order valence-corrected chi connectivity index (χ3v) is 9.49. The number of sulfonamides is 1. The van der Waals surface area contributed by atoms with Crippen LogP contribution in [0.4, 0.5) is 5.69 Å². The minimum atomic E-state index is -3.64. The summed E-state index contributed by atoms with van der Waals surface area (Å²) in [6.07, 6.45) is 6.16. The smallest absolute Gasteiger partial charge is 0.253 e. The first-order chi connectivity index (χ1) is 17.2. The van der Waals surface area contributed by atoms with Crippen LogP contribution in [0.25, 0.3) is 0 Å². The first-order valence-corrected chi connectivity index (χ1v) is 14.7. The van der Waals surface area contributed by atoms with Crippen molar-refractivity contribution in [3.8, 4) is 0 Å². The fourth-order valence-electron chi connectivity index (χ4n) is 4.88. The van der Waals surface area contributed by atoms with E-state index in [0.717, 1.165) is 25.7 Å². The summed E-state index contributed by atoms with van der Waals surface area (Å²) in [5.74, 6) is -1.03. The van der Waals surface area contributed by atoms with Crippen LogP contribution >= 0.6 is 23.2 Å². The second kappa shape index (κ2) is 11.9. The lowest BCUT2D eigenvalue weighted by Crippen LogP contribution is -2.42. The van der Waals surface area contributed by atoms with Gasteiger partial charge < -0.3 is 10.6 Å². The third kappa shape index (κ3) is 6.59. The largest absolute Gasteiger partial charge is 0.349 e. The van der Waals surface area contributed by atoms with Gasteiger partial charge in [-0.15, -0.1) is 0 Å². The van der Waals surface area contributed by atoms with Crippen LogP contribution in [0.15, 0.2) is 42.5 Å². The van der Waals surface area contributed by atoms with Crippen molar-refractivity contribution < 1.29 is 18.0 Å². The summed E-state index contributed by atoms with van der Waals surface area (Å²) in [6.45, 7) is 0.457. The van der Waals surface area contributed by atoms with Crippen LogP contribution in [0.5, 0.6) is 0 Å². The molecule has 194 valence electrons. The molecule has 10 heteroatoms. The van der Waals surface area contributed by atoms with Gasteiger partial charge in [-0.05, 0) is 49.9 Å². The molecule has 2 aromatic carbocycles. The third-order valence-electron chi connectivity index (χ3n) is 6.98. The average molecular weight is 553 g/mol. The number of rotatable bonds is 7. The van der Waals surface area contributed by atoms with Gasteiger partial charge in [0.05, 0.1) is 17.0 Å². The molecule has 4 rings (SSSR count). The lowest BCUT2D eigenvalue weighted by Gasteiger charge is -2.31. The number of nitrogens with one attached hydrogen (secondary N) is 2. The molecular weight excluding hydrogens is 521 g/mol. The number of carbonyl (C=O) groups is 2. The second-order valence-corrected chi connectivity index (χ2v) is 12.3. The summed E-state index contributed by atoms with van der Waals surface area (Å²) in [6, 6.07) is 12.1. The Labute approximate surface area is 222 Å². The van der Waals surface area contributed by atoms with Crippen molar-refractivity contribution in [1.82, 2.24) is 9.62 Å². The van der Waals surface area contributed by atoms with Crippen molar-refractivity contribution in [1.29, 1.82) is 0 Å². The molecule has 0 aromatic heterocycles. The Balaban J connectivity index is 1.35. The van der Waals surface area contributed by atoms with Crippen molar-refractivity contribution in [3.05, 3.63) is 63.6 Å². The molecule has 36 heavy (non-hydrogen) atoms. The van der Waals surface area contributed by atoms with Crippen molar-refractivity contribution in [3.63, 3.8) is 0 Å². The number of hydrogen-bond acceptors (Lipinski definition) is 4. The molecule has 0 spiro atoms. The van der Waals surface area contributed by atoms with Gasteiger partial charge >= 0.3 is 0 Å². The van der Waals surface area contributed by atoms with E-state index < -0.39 is 10.0 Å². The Hall–Kier alpha value is -2.13. The molecule has 1 aliphatic carbocycles. The molecule has 1 saturated heterocycles. The molecule has 0 unspecified atom stereocenters. The van der Waals surface area contributed by atoms with E-state index in [9.17, 15) is 18.0 Å². The molecular formula is C26H31Cl2N3O4S. The standard InChI is InChI=1S/C26H31Cl2N3O4S/c27-22-10-6-11-23(28)21(22)17-36(34,35)31-15-13-18(14-16-31)25(32)30-24-12-5-4-9-20(24)26(33)29-19-7-2-1-3-8-19/h4-6,9-12,18-19H,1-3,7-8,13-17H2,(H,29,33)(H,30,32). The van der Waals surface area contributed by atoms with E-state index in [2.05, 4.69) is 10.6 Å². The predicted molar refractivity (Wildman–Crippen MR) is 143 cm³/mol. The van der Waals surface area contributed by atoms with Crippen LogP contribution in [0.1, 0.15) is 60.9 Å². The fraction of sp³-hybridized carbons (Fsp3) is 0.462. The Morgan fingerprint density at radius 3 is 2.19 bits per heavy atom. The summed E-state index contributed by atoms with van der Waals surface area (Å²) in [4.78, 5) is 25.9. The molecule has 7 nitrogen and oxygen atoms in total. The molecule has 0 radical (unpaired) electrons. The number of carbonyl (C=O) groups excluding carboxylic acids is 2. The van der Waals surface area contributed by atoms with Crippen LogP contribution in [0.2, 0.25) is 10.0 Å². The van der Waals surface area contributed by atoms with Crippen molar-refractivity contribution >= 4 is 50.7 Å². The van der Waals surface area contributed by atoms with Gasteiger partial charge in [0, 0.05) is 40.7 Å². The molecule has 1 saturated carbocycles. The molecule has 1 aliphatic heterocycles. The number of amides is 2. The number of para-hydroxylation sites is 1. The SMILES string of the molecule is O=C(NC1CCCCC1)c1ccccc1NC(=O)C1CCN(S(=O)(=O)Cc2c(Cl)cccc2Cl)CC1. The van der Waals surface area contributed by atoms with E-state index in [1.165, 1.54) is 10.7 Å². The molecule has 2 aliphatic rings. The van der Waals surface area contributed by atoms with Crippen LogP contribution in [0.3, 0.4) is 0 Å². The molecule has 0 bridgehead atoms. The lowest BCUT2D eigenvalue weighted by molar-refractivity contribution is -0.120. The van der Waals surface area contributed by atoms with Crippen molar-refractivity contribution in [2.24, 2.45) is 5.92 Å².